The van der Waals surface area contributed by atoms with Gasteiger partial charge < -0.3 is 10.2 Å². The smallest absolute Gasteiger partial charge is 0.275 e. The van der Waals surface area contributed by atoms with Gasteiger partial charge in [-0.05, 0) is 48.8 Å². The topological polar surface area (TPSA) is 67.2 Å². The summed E-state index contributed by atoms with van der Waals surface area (Å²) in [6.07, 6.45) is 4.07. The minimum atomic E-state index is -0.216. The molecule has 0 spiro atoms. The Bertz CT molecular complexity index is 1180. The van der Waals surface area contributed by atoms with Gasteiger partial charge in [0, 0.05) is 18.5 Å². The lowest BCUT2D eigenvalue weighted by atomic mass is 9.99. The molecule has 1 aliphatic carbocycles. The van der Waals surface area contributed by atoms with E-state index in [1.807, 2.05) is 36.4 Å². The monoisotopic (exact) mass is 416 g/mol. The molecule has 1 aromatic heterocycles. The first-order valence-corrected chi connectivity index (χ1v) is 11.2. The molecule has 2 heterocycles. The molecule has 1 amide bonds. The highest BCUT2D eigenvalue weighted by molar-refractivity contribution is 5.91. The molecule has 6 heteroatoms. The van der Waals surface area contributed by atoms with Crippen LogP contribution < -0.4 is 15.8 Å². The van der Waals surface area contributed by atoms with Gasteiger partial charge in [0.15, 0.2) is 5.82 Å². The number of hydrogen-bond acceptors (Lipinski definition) is 4. The van der Waals surface area contributed by atoms with Gasteiger partial charge in [-0.2, -0.15) is 5.10 Å². The molecule has 1 fully saturated rings. The third-order valence-corrected chi connectivity index (χ3v) is 6.69. The van der Waals surface area contributed by atoms with Crippen molar-refractivity contribution in [3.63, 3.8) is 0 Å². The van der Waals surface area contributed by atoms with Gasteiger partial charge in [-0.15, -0.1) is 0 Å². The van der Waals surface area contributed by atoms with E-state index in [4.69, 9.17) is 0 Å². The molecule has 5 rings (SSSR count). The molecular weight excluding hydrogens is 388 g/mol. The number of rotatable bonds is 4. The van der Waals surface area contributed by atoms with E-state index in [9.17, 15) is 9.59 Å². The first-order valence-electron chi connectivity index (χ1n) is 11.2. The summed E-state index contributed by atoms with van der Waals surface area (Å²) in [4.78, 5) is 28.2. The molecule has 3 aromatic rings. The number of benzene rings is 2. The van der Waals surface area contributed by atoms with Gasteiger partial charge in [0.1, 0.15) is 6.54 Å². The molecule has 0 bridgehead atoms. The molecule has 6 nitrogen and oxygen atoms in total. The molecule has 1 saturated heterocycles. The highest BCUT2D eigenvalue weighted by Gasteiger charge is 2.25. The van der Waals surface area contributed by atoms with Crippen molar-refractivity contribution in [3.05, 3.63) is 70.0 Å². The second-order valence-corrected chi connectivity index (χ2v) is 8.86. The number of hydrogen-bond donors (Lipinski definition) is 1. The van der Waals surface area contributed by atoms with Gasteiger partial charge in [0.05, 0.1) is 11.4 Å². The van der Waals surface area contributed by atoms with Crippen LogP contribution in [-0.2, 0) is 17.8 Å². The summed E-state index contributed by atoms with van der Waals surface area (Å²) in [5.41, 5.74) is 2.25. The largest absolute Gasteiger partial charge is 0.355 e. The van der Waals surface area contributed by atoms with E-state index >= 15 is 0 Å². The van der Waals surface area contributed by atoms with Crippen LogP contribution in [0.3, 0.4) is 0 Å². The first kappa shape index (κ1) is 19.8. The Kier molecular flexibility index (Phi) is 5.22. The van der Waals surface area contributed by atoms with Crippen LogP contribution in [-0.4, -0.2) is 28.8 Å². The predicted octanol–water partition coefficient (Wildman–Crippen LogP) is 3.44. The number of fused-ring (bicyclic) bond motifs is 2. The molecule has 1 atom stereocenters. The minimum absolute atomic E-state index is 0.00270. The van der Waals surface area contributed by atoms with Crippen LogP contribution in [0.4, 0.5) is 5.82 Å². The Morgan fingerprint density at radius 2 is 1.74 bits per heavy atom. The second-order valence-electron chi connectivity index (χ2n) is 8.86. The van der Waals surface area contributed by atoms with Crippen molar-refractivity contribution in [2.45, 2.75) is 45.2 Å². The van der Waals surface area contributed by atoms with Crippen molar-refractivity contribution in [2.75, 3.05) is 18.0 Å². The molecule has 2 aliphatic rings. The normalized spacial score (nSPS) is 18.9. The van der Waals surface area contributed by atoms with Crippen LogP contribution in [0.2, 0.25) is 0 Å². The molecular formula is C25H28N4O2. The third-order valence-electron chi connectivity index (χ3n) is 6.69. The van der Waals surface area contributed by atoms with Crippen LogP contribution in [0.1, 0.15) is 43.4 Å². The number of piperidine rings is 1. The molecule has 1 N–H and O–H groups in total. The van der Waals surface area contributed by atoms with E-state index in [-0.39, 0.29) is 24.1 Å². The number of nitrogens with one attached hydrogen (secondary N) is 1. The highest BCUT2D eigenvalue weighted by atomic mass is 16.2. The van der Waals surface area contributed by atoms with Gasteiger partial charge in [-0.25, -0.2) is 4.68 Å². The average Bonchev–Trinajstić information content (AvgIpc) is 3.19. The summed E-state index contributed by atoms with van der Waals surface area (Å²) in [6.45, 7) is 4.04. The van der Waals surface area contributed by atoms with Crippen LogP contribution in [0.15, 0.2) is 53.3 Å². The number of carbonyl (C=O) groups is 1. The lowest BCUT2D eigenvalue weighted by Gasteiger charge is -2.32. The Morgan fingerprint density at radius 3 is 2.55 bits per heavy atom. The van der Waals surface area contributed by atoms with Gasteiger partial charge in [-0.1, -0.05) is 49.4 Å². The Balaban J connectivity index is 1.42. The number of nitrogens with zero attached hydrogens (tertiary/aromatic N) is 3. The molecule has 160 valence electrons. The fourth-order valence-corrected chi connectivity index (χ4v) is 4.86. The number of anilines is 1. The zero-order valence-corrected chi connectivity index (χ0v) is 17.9. The minimum Gasteiger partial charge on any atom is -0.355 e. The molecule has 1 aliphatic heterocycles. The van der Waals surface area contributed by atoms with E-state index in [2.05, 4.69) is 34.4 Å². The molecule has 0 unspecified atom stereocenters. The number of amides is 1. The highest BCUT2D eigenvalue weighted by Crippen LogP contribution is 2.31. The fourth-order valence-electron chi connectivity index (χ4n) is 4.86. The summed E-state index contributed by atoms with van der Waals surface area (Å²) in [7, 11) is 0. The lowest BCUT2D eigenvalue weighted by molar-refractivity contribution is -0.122. The van der Waals surface area contributed by atoms with Gasteiger partial charge in [0.25, 0.3) is 5.56 Å². The van der Waals surface area contributed by atoms with Gasteiger partial charge in [0.2, 0.25) is 5.91 Å². The van der Waals surface area contributed by atoms with E-state index in [0.29, 0.717) is 11.3 Å². The Morgan fingerprint density at radius 1 is 1.03 bits per heavy atom. The molecule has 31 heavy (non-hydrogen) atoms. The van der Waals surface area contributed by atoms with Crippen LogP contribution in [0, 0.1) is 5.92 Å². The fraction of sp³-hybridized carbons (Fsp3) is 0.400. The van der Waals surface area contributed by atoms with Gasteiger partial charge >= 0.3 is 0 Å². The maximum absolute atomic E-state index is 13.1. The summed E-state index contributed by atoms with van der Waals surface area (Å²) in [6, 6.07) is 15.8. The maximum Gasteiger partial charge on any atom is 0.275 e. The Hall–Kier alpha value is -3.15. The van der Waals surface area contributed by atoms with Crippen molar-refractivity contribution < 1.29 is 4.79 Å². The standard InChI is InChI=1S/C25H28N4O2/c1-17-12-14-28(15-13-17)24-20-8-4-5-9-21(20)25(31)29(27-24)16-23(30)26-22-11-10-18-6-2-3-7-19(18)22/h2-9,17,22H,10-16H2,1H3,(H,26,30)/t22-/m0/s1. The number of aryl methyl sites for hydroxylation is 1. The van der Waals surface area contributed by atoms with Crippen molar-refractivity contribution in [1.82, 2.24) is 15.1 Å². The first-order chi connectivity index (χ1) is 15.1. The third kappa shape index (κ3) is 3.82. The van der Waals surface area contributed by atoms with Crippen LogP contribution in [0.5, 0.6) is 0 Å². The zero-order valence-electron chi connectivity index (χ0n) is 17.9. The van der Waals surface area contributed by atoms with E-state index in [1.165, 1.54) is 15.8 Å². The second kappa shape index (κ2) is 8.17. The van der Waals surface area contributed by atoms with Crippen molar-refractivity contribution >= 4 is 22.5 Å². The maximum atomic E-state index is 13.1. The lowest BCUT2D eigenvalue weighted by Crippen LogP contribution is -2.38. The van der Waals surface area contributed by atoms with E-state index in [1.54, 1.807) is 0 Å². The van der Waals surface area contributed by atoms with Crippen LogP contribution in [0.25, 0.3) is 10.8 Å². The molecule has 0 saturated carbocycles. The Labute approximate surface area is 181 Å². The van der Waals surface area contributed by atoms with Crippen molar-refractivity contribution in [2.24, 2.45) is 5.92 Å². The average molecular weight is 417 g/mol. The van der Waals surface area contributed by atoms with Gasteiger partial charge in [-0.3, -0.25) is 9.59 Å². The zero-order chi connectivity index (χ0) is 21.4. The predicted molar refractivity (Wildman–Crippen MR) is 122 cm³/mol. The van der Waals surface area contributed by atoms with E-state index < -0.39 is 0 Å². The summed E-state index contributed by atoms with van der Waals surface area (Å²) >= 11 is 0. The molecule has 0 radical (unpaired) electrons. The van der Waals surface area contributed by atoms with Crippen LogP contribution >= 0.6 is 0 Å². The summed E-state index contributed by atoms with van der Waals surface area (Å²) in [5.74, 6) is 1.33. The van der Waals surface area contributed by atoms with Crippen molar-refractivity contribution in [1.29, 1.82) is 0 Å². The summed E-state index contributed by atoms with van der Waals surface area (Å²) in [5, 5.41) is 9.27. The summed E-state index contributed by atoms with van der Waals surface area (Å²) < 4.78 is 1.34. The number of aromatic nitrogens is 2. The number of carbonyl (C=O) groups excluding carboxylic acids is 1. The van der Waals surface area contributed by atoms with E-state index in [0.717, 1.165) is 50.0 Å². The molecule has 2 aromatic carbocycles. The SMILES string of the molecule is CC1CCN(c2nn(CC(=O)N[C@H]3CCc4ccccc43)c(=O)c3ccccc23)CC1. The quantitative estimate of drug-likeness (QED) is 0.708. The van der Waals surface area contributed by atoms with Crippen molar-refractivity contribution in [3.8, 4) is 0 Å².